The van der Waals surface area contributed by atoms with Crippen LogP contribution in [-0.2, 0) is 4.79 Å². The number of carbonyl (C=O) groups excluding carboxylic acids is 1. The smallest absolute Gasteiger partial charge is 0.286 e. The predicted octanol–water partition coefficient (Wildman–Crippen LogP) is 3.78. The number of piperazine rings is 1. The number of benzene rings is 2. The molecule has 0 radical (unpaired) electrons. The molecule has 1 amide bonds. The number of aromatic amines is 1. The second-order valence-corrected chi connectivity index (χ2v) is 8.63. The summed E-state index contributed by atoms with van der Waals surface area (Å²) in [6.45, 7) is 2.91. The average Bonchev–Trinajstić information content (AvgIpc) is 3.47. The number of amides is 1. The number of hydrogen-bond donors (Lipinski definition) is 1. The first-order valence-corrected chi connectivity index (χ1v) is 11.3. The fourth-order valence-electron chi connectivity index (χ4n) is 3.86. The summed E-state index contributed by atoms with van der Waals surface area (Å²) in [6.07, 6.45) is 3.55. The van der Waals surface area contributed by atoms with Crippen molar-refractivity contribution in [2.45, 2.75) is 0 Å². The van der Waals surface area contributed by atoms with E-state index in [1.54, 1.807) is 18.3 Å². The van der Waals surface area contributed by atoms with Gasteiger partial charge >= 0.3 is 0 Å². The topological polar surface area (TPSA) is 108 Å². The highest BCUT2D eigenvalue weighted by Gasteiger charge is 2.29. The van der Waals surface area contributed by atoms with E-state index in [2.05, 4.69) is 25.0 Å². The minimum Gasteiger partial charge on any atom is -0.368 e. The highest BCUT2D eigenvalue weighted by Crippen LogP contribution is 2.33. The monoisotopic (exact) mass is 460 g/mol. The predicted molar refractivity (Wildman–Crippen MR) is 129 cm³/mol. The zero-order valence-corrected chi connectivity index (χ0v) is 18.4. The van der Waals surface area contributed by atoms with E-state index in [1.807, 2.05) is 36.4 Å². The highest BCUT2D eigenvalue weighted by atomic mass is 32.2. The van der Waals surface area contributed by atoms with Gasteiger partial charge in [0.15, 0.2) is 5.17 Å². The molecular formula is C23H20N6O3S. The largest absolute Gasteiger partial charge is 0.368 e. The van der Waals surface area contributed by atoms with Crippen LogP contribution in [-0.4, -0.2) is 57.3 Å². The van der Waals surface area contributed by atoms with Crippen molar-refractivity contribution in [1.29, 1.82) is 0 Å². The molecule has 33 heavy (non-hydrogen) atoms. The van der Waals surface area contributed by atoms with Gasteiger partial charge in [-0.05, 0) is 30.0 Å². The third-order valence-electron chi connectivity index (χ3n) is 5.60. The number of hydrogen-bond acceptors (Lipinski definition) is 7. The van der Waals surface area contributed by atoms with Crippen LogP contribution >= 0.6 is 11.8 Å². The van der Waals surface area contributed by atoms with Gasteiger partial charge in [0.2, 0.25) is 0 Å². The van der Waals surface area contributed by atoms with Crippen molar-refractivity contribution in [2.75, 3.05) is 31.1 Å². The number of anilines is 1. The Balaban J connectivity index is 1.24. The van der Waals surface area contributed by atoms with E-state index in [0.717, 1.165) is 35.6 Å². The van der Waals surface area contributed by atoms with E-state index >= 15 is 0 Å². The molecule has 2 aliphatic rings. The molecule has 0 bridgehead atoms. The molecule has 10 heteroatoms. The van der Waals surface area contributed by atoms with Crippen LogP contribution in [0.1, 0.15) is 5.56 Å². The summed E-state index contributed by atoms with van der Waals surface area (Å²) in [5.74, 6) is -0.243. The number of nitrogens with zero attached hydrogens (tertiary/aromatic N) is 5. The quantitative estimate of drug-likeness (QED) is 0.359. The third-order valence-corrected chi connectivity index (χ3v) is 6.65. The Morgan fingerprint density at radius 2 is 1.70 bits per heavy atom. The Labute approximate surface area is 194 Å². The summed E-state index contributed by atoms with van der Waals surface area (Å²) in [7, 11) is 0. The van der Waals surface area contributed by atoms with Crippen LogP contribution < -0.4 is 4.90 Å². The molecule has 1 fully saturated rings. The molecule has 3 heterocycles. The summed E-state index contributed by atoms with van der Waals surface area (Å²) < 4.78 is 0. The summed E-state index contributed by atoms with van der Waals surface area (Å²) in [5.41, 5.74) is 3.74. The molecule has 0 atom stereocenters. The molecule has 2 aliphatic heterocycles. The number of nitro benzene ring substituents is 1. The van der Waals surface area contributed by atoms with Crippen LogP contribution in [0, 0.1) is 10.1 Å². The van der Waals surface area contributed by atoms with Gasteiger partial charge in [0.05, 0.1) is 21.7 Å². The normalized spacial score (nSPS) is 17.5. The Morgan fingerprint density at radius 1 is 1.00 bits per heavy atom. The van der Waals surface area contributed by atoms with E-state index in [4.69, 9.17) is 0 Å². The van der Waals surface area contributed by atoms with Gasteiger partial charge < -0.3 is 9.80 Å². The zero-order valence-electron chi connectivity index (χ0n) is 17.5. The molecule has 2 aromatic carbocycles. The molecule has 0 saturated carbocycles. The number of nitro groups is 1. The molecular weight excluding hydrogens is 440 g/mol. The second kappa shape index (κ2) is 8.91. The van der Waals surface area contributed by atoms with Gasteiger partial charge in [0.25, 0.3) is 11.6 Å². The first-order valence-electron chi connectivity index (χ1n) is 10.4. The molecule has 9 nitrogen and oxygen atoms in total. The fourth-order valence-corrected chi connectivity index (χ4v) is 4.81. The van der Waals surface area contributed by atoms with Gasteiger partial charge in [-0.25, -0.2) is 0 Å². The maximum absolute atomic E-state index is 12.6. The molecule has 0 aliphatic carbocycles. The van der Waals surface area contributed by atoms with Crippen molar-refractivity contribution in [3.8, 4) is 11.3 Å². The lowest BCUT2D eigenvalue weighted by Crippen LogP contribution is -2.47. The number of nitrogens with one attached hydrogen (secondary N) is 1. The summed E-state index contributed by atoms with van der Waals surface area (Å²) in [6, 6.07) is 16.4. The van der Waals surface area contributed by atoms with Crippen molar-refractivity contribution in [3.05, 3.63) is 81.4 Å². The number of amidine groups is 1. The molecule has 0 spiro atoms. The van der Waals surface area contributed by atoms with Crippen molar-refractivity contribution < 1.29 is 9.72 Å². The maximum atomic E-state index is 12.6. The number of aromatic nitrogens is 2. The molecule has 5 rings (SSSR count). The Hall–Kier alpha value is -3.92. The number of non-ortho nitro benzene ring substituents is 1. The zero-order chi connectivity index (χ0) is 22.8. The first-order chi connectivity index (χ1) is 16.1. The van der Waals surface area contributed by atoms with Crippen LogP contribution in [0.2, 0.25) is 0 Å². The van der Waals surface area contributed by atoms with E-state index < -0.39 is 4.92 Å². The Kier molecular flexibility index (Phi) is 5.66. The lowest BCUT2D eigenvalue weighted by Gasteiger charge is -2.36. The minimum atomic E-state index is -0.397. The van der Waals surface area contributed by atoms with Gasteiger partial charge in [0.1, 0.15) is 0 Å². The van der Waals surface area contributed by atoms with Gasteiger partial charge in [-0.2, -0.15) is 10.1 Å². The van der Waals surface area contributed by atoms with E-state index in [0.29, 0.717) is 23.2 Å². The fraction of sp³-hybridized carbons (Fsp3) is 0.174. The van der Waals surface area contributed by atoms with Gasteiger partial charge in [-0.15, -0.1) is 0 Å². The SMILES string of the molecule is O=C1N=C(N2CCN(c3ccc([N+](=O)[O-])cc3)CC2)S/C1=C\c1cn[nH]c1-c1ccccc1. The van der Waals surface area contributed by atoms with Crippen LogP contribution in [0.15, 0.2) is 70.7 Å². The van der Waals surface area contributed by atoms with Gasteiger partial charge in [-0.3, -0.25) is 20.0 Å². The van der Waals surface area contributed by atoms with Crippen molar-refractivity contribution in [2.24, 2.45) is 4.99 Å². The maximum Gasteiger partial charge on any atom is 0.286 e. The summed E-state index contributed by atoms with van der Waals surface area (Å²) in [5, 5.41) is 18.7. The minimum absolute atomic E-state index is 0.0833. The molecule has 1 saturated heterocycles. The van der Waals surface area contributed by atoms with Crippen LogP contribution in [0.25, 0.3) is 17.3 Å². The van der Waals surface area contributed by atoms with Gasteiger partial charge in [0, 0.05) is 55.1 Å². The molecule has 166 valence electrons. The Bertz CT molecular complexity index is 1240. The van der Waals surface area contributed by atoms with Crippen molar-refractivity contribution in [1.82, 2.24) is 15.1 Å². The summed E-state index contributed by atoms with van der Waals surface area (Å²) in [4.78, 5) is 32.2. The number of rotatable bonds is 4. The van der Waals surface area contributed by atoms with E-state index in [1.165, 1.54) is 23.9 Å². The number of H-pyrrole nitrogens is 1. The molecule has 3 aromatic rings. The van der Waals surface area contributed by atoms with E-state index in [-0.39, 0.29) is 11.6 Å². The van der Waals surface area contributed by atoms with Crippen LogP contribution in [0.4, 0.5) is 11.4 Å². The van der Waals surface area contributed by atoms with Crippen molar-refractivity contribution in [3.63, 3.8) is 0 Å². The number of thioether (sulfide) groups is 1. The van der Waals surface area contributed by atoms with Gasteiger partial charge in [-0.1, -0.05) is 30.3 Å². The third kappa shape index (κ3) is 4.37. The number of carbonyl (C=O) groups is 1. The first kappa shape index (κ1) is 21.0. The molecule has 1 N–H and O–H groups in total. The standard InChI is InChI=1S/C23H20N6O3S/c30-22-20(14-17-15-24-26-21(17)16-4-2-1-3-5-16)33-23(25-22)28-12-10-27(11-13-28)18-6-8-19(9-7-18)29(31)32/h1-9,14-15H,10-13H2,(H,24,26)/b20-14-. The highest BCUT2D eigenvalue weighted by molar-refractivity contribution is 8.18. The average molecular weight is 461 g/mol. The lowest BCUT2D eigenvalue weighted by molar-refractivity contribution is -0.384. The lowest BCUT2D eigenvalue weighted by atomic mass is 10.1. The van der Waals surface area contributed by atoms with Crippen molar-refractivity contribution >= 4 is 40.3 Å². The second-order valence-electron chi connectivity index (χ2n) is 7.62. The van der Waals surface area contributed by atoms with E-state index in [9.17, 15) is 14.9 Å². The molecule has 1 aromatic heterocycles. The van der Waals surface area contributed by atoms with Crippen LogP contribution in [0.3, 0.4) is 0 Å². The van der Waals surface area contributed by atoms with Crippen LogP contribution in [0.5, 0.6) is 0 Å². The summed E-state index contributed by atoms with van der Waals surface area (Å²) >= 11 is 1.38. The number of aliphatic imine (C=N–C) groups is 1. The molecule has 0 unspecified atom stereocenters. The Morgan fingerprint density at radius 3 is 2.39 bits per heavy atom.